The summed E-state index contributed by atoms with van der Waals surface area (Å²) in [5.74, 6) is -0.0587. The second kappa shape index (κ2) is 8.49. The summed E-state index contributed by atoms with van der Waals surface area (Å²) in [5, 5.41) is 4.63. The molecule has 1 fully saturated rings. The lowest BCUT2D eigenvalue weighted by molar-refractivity contribution is -0.892. The van der Waals surface area contributed by atoms with Crippen LogP contribution < -0.4 is 15.1 Å². The molecule has 2 aromatic rings. The van der Waals surface area contributed by atoms with E-state index in [1.54, 1.807) is 18.2 Å². The molecule has 1 aliphatic rings. The Labute approximate surface area is 168 Å². The molecule has 0 aromatic heterocycles. The molecule has 0 spiro atoms. The van der Waals surface area contributed by atoms with Crippen LogP contribution >= 0.6 is 34.8 Å². The summed E-state index contributed by atoms with van der Waals surface area (Å²) in [7, 11) is 0. The number of benzene rings is 2. The molecule has 3 rings (SSSR count). The highest BCUT2D eigenvalue weighted by molar-refractivity contribution is 6.35. The summed E-state index contributed by atoms with van der Waals surface area (Å²) in [6.45, 7) is 6.06. The van der Waals surface area contributed by atoms with Crippen LogP contribution in [0.15, 0.2) is 36.4 Å². The zero-order valence-corrected chi connectivity index (χ0v) is 16.8. The van der Waals surface area contributed by atoms with E-state index in [2.05, 4.69) is 17.1 Å². The standard InChI is InChI=1S/C19H20Cl3N3O/c1-13-2-3-15(21)11-18(13)25-8-6-24(7-9-25)12-19(26)23-17-10-14(20)4-5-16(17)22/h2-5,10-11H,6-9,12H2,1H3,(H,23,26)/p+1. The first-order valence-electron chi connectivity index (χ1n) is 8.52. The maximum atomic E-state index is 12.3. The molecule has 2 N–H and O–H groups in total. The Morgan fingerprint density at radius 2 is 1.73 bits per heavy atom. The summed E-state index contributed by atoms with van der Waals surface area (Å²) in [6.07, 6.45) is 0. The van der Waals surface area contributed by atoms with Crippen molar-refractivity contribution in [3.63, 3.8) is 0 Å². The van der Waals surface area contributed by atoms with Crippen LogP contribution in [0.2, 0.25) is 15.1 Å². The van der Waals surface area contributed by atoms with Gasteiger partial charge in [0.05, 0.1) is 36.9 Å². The largest absolute Gasteiger partial charge is 0.360 e. The fraction of sp³-hybridized carbons (Fsp3) is 0.316. The zero-order valence-electron chi connectivity index (χ0n) is 14.5. The van der Waals surface area contributed by atoms with Gasteiger partial charge in [0, 0.05) is 15.7 Å². The van der Waals surface area contributed by atoms with E-state index in [-0.39, 0.29) is 5.91 Å². The number of amides is 1. The SMILES string of the molecule is Cc1ccc(Cl)cc1N1CC[NH+](CC(=O)Nc2cc(Cl)ccc2Cl)CC1. The summed E-state index contributed by atoms with van der Waals surface area (Å²) >= 11 is 18.2. The number of piperazine rings is 1. The van der Waals surface area contributed by atoms with E-state index in [9.17, 15) is 4.79 Å². The molecule has 0 atom stereocenters. The number of anilines is 2. The highest BCUT2D eigenvalue weighted by Crippen LogP contribution is 2.25. The van der Waals surface area contributed by atoms with Gasteiger partial charge in [0.1, 0.15) is 0 Å². The van der Waals surface area contributed by atoms with E-state index in [4.69, 9.17) is 34.8 Å². The number of aryl methyl sites for hydroxylation is 1. The van der Waals surface area contributed by atoms with Crippen molar-refractivity contribution in [2.45, 2.75) is 6.92 Å². The molecule has 1 heterocycles. The molecule has 1 amide bonds. The number of nitrogens with zero attached hydrogens (tertiary/aromatic N) is 1. The van der Waals surface area contributed by atoms with E-state index in [1.807, 2.05) is 18.2 Å². The van der Waals surface area contributed by atoms with Gasteiger partial charge in [0.2, 0.25) is 0 Å². The zero-order chi connectivity index (χ0) is 18.7. The molecule has 26 heavy (non-hydrogen) atoms. The average molecular weight is 414 g/mol. The van der Waals surface area contributed by atoms with Gasteiger partial charge in [-0.15, -0.1) is 0 Å². The van der Waals surface area contributed by atoms with Crippen molar-refractivity contribution in [1.82, 2.24) is 0 Å². The van der Waals surface area contributed by atoms with E-state index in [1.165, 1.54) is 16.2 Å². The lowest BCUT2D eigenvalue weighted by Crippen LogP contribution is -3.15. The van der Waals surface area contributed by atoms with Crippen molar-refractivity contribution in [2.24, 2.45) is 0 Å². The van der Waals surface area contributed by atoms with Crippen LogP contribution in [0.25, 0.3) is 0 Å². The number of carbonyl (C=O) groups is 1. The topological polar surface area (TPSA) is 36.8 Å². The predicted molar refractivity (Wildman–Crippen MR) is 109 cm³/mol. The first kappa shape index (κ1) is 19.3. The third kappa shape index (κ3) is 4.83. The minimum Gasteiger partial charge on any atom is -0.360 e. The second-order valence-electron chi connectivity index (χ2n) is 6.52. The van der Waals surface area contributed by atoms with E-state index in [0.29, 0.717) is 22.3 Å². The van der Waals surface area contributed by atoms with E-state index >= 15 is 0 Å². The highest BCUT2D eigenvalue weighted by atomic mass is 35.5. The summed E-state index contributed by atoms with van der Waals surface area (Å²) in [6, 6.07) is 11.0. The Morgan fingerprint density at radius 1 is 1.08 bits per heavy atom. The Kier molecular flexibility index (Phi) is 6.30. The van der Waals surface area contributed by atoms with Crippen molar-refractivity contribution >= 4 is 52.1 Å². The van der Waals surface area contributed by atoms with Crippen molar-refractivity contribution in [3.8, 4) is 0 Å². The van der Waals surface area contributed by atoms with Crippen LogP contribution in [-0.4, -0.2) is 38.6 Å². The van der Waals surface area contributed by atoms with Gasteiger partial charge in [-0.05, 0) is 42.8 Å². The fourth-order valence-corrected chi connectivity index (χ4v) is 3.68. The molecule has 0 aliphatic carbocycles. The fourth-order valence-electron chi connectivity index (χ4n) is 3.18. The summed E-state index contributed by atoms with van der Waals surface area (Å²) < 4.78 is 0. The van der Waals surface area contributed by atoms with Gasteiger partial charge in [-0.25, -0.2) is 0 Å². The minimum absolute atomic E-state index is 0.0587. The van der Waals surface area contributed by atoms with Crippen LogP contribution in [0.3, 0.4) is 0 Å². The Balaban J connectivity index is 1.54. The number of quaternary nitrogens is 1. The smallest absolute Gasteiger partial charge is 0.279 e. The van der Waals surface area contributed by atoms with Crippen LogP contribution in [0, 0.1) is 6.92 Å². The van der Waals surface area contributed by atoms with E-state index < -0.39 is 0 Å². The molecule has 0 radical (unpaired) electrons. The number of carbonyl (C=O) groups excluding carboxylic acids is 1. The van der Waals surface area contributed by atoms with Crippen LogP contribution in [0.5, 0.6) is 0 Å². The van der Waals surface area contributed by atoms with Gasteiger partial charge in [0.25, 0.3) is 5.91 Å². The molecule has 4 nitrogen and oxygen atoms in total. The molecule has 138 valence electrons. The maximum absolute atomic E-state index is 12.3. The van der Waals surface area contributed by atoms with Crippen molar-refractivity contribution < 1.29 is 9.69 Å². The number of nitrogens with one attached hydrogen (secondary N) is 2. The average Bonchev–Trinajstić information content (AvgIpc) is 2.61. The number of halogens is 3. The van der Waals surface area contributed by atoms with Crippen LogP contribution in [0.4, 0.5) is 11.4 Å². The van der Waals surface area contributed by atoms with E-state index in [0.717, 1.165) is 31.2 Å². The Bertz CT molecular complexity index is 805. The Morgan fingerprint density at radius 3 is 2.46 bits per heavy atom. The molecule has 0 bridgehead atoms. The quantitative estimate of drug-likeness (QED) is 0.807. The van der Waals surface area contributed by atoms with Gasteiger partial charge in [0.15, 0.2) is 6.54 Å². The second-order valence-corrected chi connectivity index (χ2v) is 7.80. The minimum atomic E-state index is -0.0587. The lowest BCUT2D eigenvalue weighted by Gasteiger charge is -2.34. The first-order chi connectivity index (χ1) is 12.4. The molecule has 0 saturated carbocycles. The Hall–Kier alpha value is -1.46. The normalized spacial score (nSPS) is 15.2. The van der Waals surface area contributed by atoms with Gasteiger partial charge in [-0.3, -0.25) is 4.79 Å². The third-order valence-electron chi connectivity index (χ3n) is 4.60. The molecular weight excluding hydrogens is 393 g/mol. The monoisotopic (exact) mass is 412 g/mol. The molecule has 7 heteroatoms. The predicted octanol–water partition coefficient (Wildman–Crippen LogP) is 3.30. The van der Waals surface area contributed by atoms with Gasteiger partial charge in [-0.2, -0.15) is 0 Å². The molecular formula is C19H21Cl3N3O+. The number of rotatable bonds is 4. The molecule has 1 aliphatic heterocycles. The van der Waals surface area contributed by atoms with Crippen LogP contribution in [-0.2, 0) is 4.79 Å². The van der Waals surface area contributed by atoms with Gasteiger partial charge in [-0.1, -0.05) is 40.9 Å². The number of hydrogen-bond donors (Lipinski definition) is 2. The van der Waals surface area contributed by atoms with Gasteiger partial charge >= 0.3 is 0 Å². The van der Waals surface area contributed by atoms with Crippen molar-refractivity contribution in [2.75, 3.05) is 42.9 Å². The van der Waals surface area contributed by atoms with Crippen molar-refractivity contribution in [1.29, 1.82) is 0 Å². The van der Waals surface area contributed by atoms with Gasteiger partial charge < -0.3 is 15.1 Å². The highest BCUT2D eigenvalue weighted by Gasteiger charge is 2.23. The number of hydrogen-bond acceptors (Lipinski definition) is 2. The molecule has 1 saturated heterocycles. The molecule has 0 unspecified atom stereocenters. The molecule has 2 aromatic carbocycles. The van der Waals surface area contributed by atoms with Crippen molar-refractivity contribution in [3.05, 3.63) is 57.0 Å². The maximum Gasteiger partial charge on any atom is 0.279 e. The lowest BCUT2D eigenvalue weighted by atomic mass is 10.1. The summed E-state index contributed by atoms with van der Waals surface area (Å²) in [5.41, 5.74) is 2.94. The van der Waals surface area contributed by atoms with Crippen LogP contribution in [0.1, 0.15) is 5.56 Å². The first-order valence-corrected chi connectivity index (χ1v) is 9.65. The third-order valence-corrected chi connectivity index (χ3v) is 5.40. The summed E-state index contributed by atoms with van der Waals surface area (Å²) in [4.78, 5) is 15.9.